The summed E-state index contributed by atoms with van der Waals surface area (Å²) in [7, 11) is 0. The number of hydrogen-bond donors (Lipinski definition) is 1. The highest BCUT2D eigenvalue weighted by Crippen LogP contribution is 1.49. The number of rotatable bonds is 0. The van der Waals surface area contributed by atoms with Gasteiger partial charge in [-0.05, 0) is 17.8 Å². The molecule has 0 unspecified atom stereocenters. The molecule has 0 bridgehead atoms. The fourth-order valence-electron chi connectivity index (χ4n) is 0.164. The van der Waals surface area contributed by atoms with E-state index in [0.29, 0.717) is 6.29 Å². The van der Waals surface area contributed by atoms with Crippen LogP contribution in [0.4, 0.5) is 0 Å². The van der Waals surface area contributed by atoms with Crippen LogP contribution in [0.25, 0.3) is 0 Å². The maximum Gasteiger partial charge on any atom is 0.193 e. The average molecular weight is 117 g/mol. The van der Waals surface area contributed by atoms with Crippen molar-refractivity contribution in [3.63, 3.8) is 0 Å². The summed E-state index contributed by atoms with van der Waals surface area (Å²) in [5.74, 6) is 11.2. The summed E-state index contributed by atoms with van der Waals surface area (Å²) < 4.78 is 0. The Bertz CT molecular complexity index is 258. The van der Waals surface area contributed by atoms with Crippen LogP contribution in [0.1, 0.15) is 0 Å². The zero-order chi connectivity index (χ0) is 6.95. The van der Waals surface area contributed by atoms with Crippen LogP contribution < -0.4 is 5.73 Å². The summed E-state index contributed by atoms with van der Waals surface area (Å²) >= 11 is 0. The summed E-state index contributed by atoms with van der Waals surface area (Å²) in [4.78, 5) is 9.54. The molecular weight excluding hydrogens is 114 g/mol. The van der Waals surface area contributed by atoms with E-state index in [4.69, 9.17) is 5.73 Å². The first-order valence-corrected chi connectivity index (χ1v) is 2.06. The molecule has 0 radical (unpaired) electrons. The molecule has 0 aromatic rings. The maximum atomic E-state index is 9.54. The van der Waals surface area contributed by atoms with Gasteiger partial charge in [0, 0.05) is 17.9 Å². The van der Waals surface area contributed by atoms with Crippen LogP contribution in [-0.2, 0) is 4.79 Å². The van der Waals surface area contributed by atoms with Crippen molar-refractivity contribution in [1.29, 1.82) is 0 Å². The first-order valence-electron chi connectivity index (χ1n) is 2.06. The van der Waals surface area contributed by atoms with Gasteiger partial charge in [-0.25, -0.2) is 0 Å². The van der Waals surface area contributed by atoms with Gasteiger partial charge in [-0.15, -0.1) is 0 Å². The number of carbonyl (C=O) groups is 1. The number of aldehydes is 1. The molecule has 0 fully saturated rings. The highest BCUT2D eigenvalue weighted by Gasteiger charge is 1.53. The summed E-state index contributed by atoms with van der Waals surface area (Å²) in [6, 6.07) is 2.06. The summed E-state index contributed by atoms with van der Waals surface area (Å²) in [5, 5.41) is 0. The molecular formula is C7H3NO. The third-order valence-electron chi connectivity index (χ3n) is 0.391. The van der Waals surface area contributed by atoms with Gasteiger partial charge in [0.15, 0.2) is 6.29 Å². The lowest BCUT2D eigenvalue weighted by Crippen LogP contribution is -1.73. The summed E-state index contributed by atoms with van der Waals surface area (Å²) in [5.41, 5.74) is 4.76. The van der Waals surface area contributed by atoms with Crippen molar-refractivity contribution < 1.29 is 4.79 Å². The topological polar surface area (TPSA) is 43.1 Å². The van der Waals surface area contributed by atoms with E-state index in [0.717, 1.165) is 0 Å². The lowest BCUT2D eigenvalue weighted by molar-refractivity contribution is -0.103. The van der Waals surface area contributed by atoms with Gasteiger partial charge in [-0.1, -0.05) is 0 Å². The summed E-state index contributed by atoms with van der Waals surface area (Å²) in [6.07, 6.45) is 0.463. The fraction of sp³-hybridized carbons (Fsp3) is 0. The molecule has 2 nitrogen and oxygen atoms in total. The van der Waals surface area contributed by atoms with E-state index in [2.05, 4.69) is 35.6 Å². The van der Waals surface area contributed by atoms with Gasteiger partial charge in [-0.3, -0.25) is 4.79 Å². The molecule has 0 aromatic heterocycles. The normalized spacial score (nSPS) is 4.00. The van der Waals surface area contributed by atoms with Crippen LogP contribution in [-0.4, -0.2) is 6.29 Å². The van der Waals surface area contributed by atoms with Crippen LogP contribution in [0.3, 0.4) is 0 Å². The van der Waals surface area contributed by atoms with E-state index in [1.165, 1.54) is 0 Å². The van der Waals surface area contributed by atoms with Crippen molar-refractivity contribution in [3.8, 4) is 35.6 Å². The van der Waals surface area contributed by atoms with E-state index in [1.54, 1.807) is 0 Å². The number of nitrogens with two attached hydrogens (primary N) is 1. The lowest BCUT2D eigenvalue weighted by atomic mass is 10.5. The minimum Gasteiger partial charge on any atom is -0.359 e. The number of hydrogen-bond acceptors (Lipinski definition) is 2. The molecule has 0 atom stereocenters. The Labute approximate surface area is 53.4 Å². The van der Waals surface area contributed by atoms with Crippen LogP contribution in [0.5, 0.6) is 0 Å². The molecule has 2 heteroatoms. The number of carbonyl (C=O) groups excluding carboxylic acids is 1. The smallest absolute Gasteiger partial charge is 0.193 e. The van der Waals surface area contributed by atoms with E-state index >= 15 is 0 Å². The van der Waals surface area contributed by atoms with Crippen molar-refractivity contribution in [2.24, 2.45) is 5.73 Å². The minimum absolute atomic E-state index is 0.463. The molecule has 0 rings (SSSR count). The Morgan fingerprint density at radius 3 is 2.33 bits per heavy atom. The van der Waals surface area contributed by atoms with Gasteiger partial charge < -0.3 is 5.73 Å². The standard InChI is InChI=1S/C7H3NO/c8-6-4-2-1-3-5-7-9/h7H,8H2. The molecule has 0 saturated heterocycles. The monoisotopic (exact) mass is 117 g/mol. The van der Waals surface area contributed by atoms with Gasteiger partial charge in [0.2, 0.25) is 0 Å². The lowest BCUT2D eigenvalue weighted by Gasteiger charge is -1.52. The Balaban J connectivity index is 3.85. The zero-order valence-corrected chi connectivity index (χ0v) is 4.56. The molecule has 0 spiro atoms. The van der Waals surface area contributed by atoms with Crippen molar-refractivity contribution in [2.75, 3.05) is 0 Å². The van der Waals surface area contributed by atoms with Gasteiger partial charge in [0.05, 0.1) is 0 Å². The Hall–Kier alpha value is -1.85. The molecule has 2 N–H and O–H groups in total. The second-order valence-corrected chi connectivity index (χ2v) is 0.907. The van der Waals surface area contributed by atoms with Crippen molar-refractivity contribution in [1.82, 2.24) is 0 Å². The van der Waals surface area contributed by atoms with Crippen LogP contribution in [0.15, 0.2) is 0 Å². The van der Waals surface area contributed by atoms with Crippen LogP contribution in [0, 0.1) is 35.6 Å². The van der Waals surface area contributed by atoms with E-state index < -0.39 is 0 Å². The van der Waals surface area contributed by atoms with E-state index in [-0.39, 0.29) is 0 Å². The van der Waals surface area contributed by atoms with Crippen LogP contribution >= 0.6 is 0 Å². The van der Waals surface area contributed by atoms with Crippen molar-refractivity contribution in [3.05, 3.63) is 0 Å². The third kappa shape index (κ3) is 6.15. The molecule has 0 heterocycles. The molecule has 0 aliphatic heterocycles. The van der Waals surface area contributed by atoms with Crippen LogP contribution in [0.2, 0.25) is 0 Å². The SMILES string of the molecule is NC#CC#CC#CC=O. The first-order chi connectivity index (χ1) is 4.41. The van der Waals surface area contributed by atoms with Gasteiger partial charge in [-0.2, -0.15) is 0 Å². The molecule has 0 amide bonds. The second-order valence-electron chi connectivity index (χ2n) is 0.907. The summed E-state index contributed by atoms with van der Waals surface area (Å²) in [6.45, 7) is 0. The Morgan fingerprint density at radius 2 is 1.78 bits per heavy atom. The molecule has 0 aliphatic carbocycles. The average Bonchev–Trinajstić information content (AvgIpc) is 1.89. The molecule has 9 heavy (non-hydrogen) atoms. The van der Waals surface area contributed by atoms with Gasteiger partial charge in [0.1, 0.15) is 0 Å². The minimum atomic E-state index is 0.463. The second kappa shape index (κ2) is 6.15. The van der Waals surface area contributed by atoms with E-state index in [9.17, 15) is 4.79 Å². The molecule has 0 aliphatic rings. The molecule has 42 valence electrons. The van der Waals surface area contributed by atoms with Gasteiger partial charge in [0.25, 0.3) is 0 Å². The highest BCUT2D eigenvalue weighted by atomic mass is 16.1. The predicted molar refractivity (Wildman–Crippen MR) is 33.6 cm³/mol. The molecule has 0 aromatic carbocycles. The Morgan fingerprint density at radius 1 is 1.11 bits per heavy atom. The zero-order valence-electron chi connectivity index (χ0n) is 4.56. The van der Waals surface area contributed by atoms with Crippen molar-refractivity contribution in [2.45, 2.75) is 0 Å². The maximum absolute atomic E-state index is 9.54. The largest absolute Gasteiger partial charge is 0.359 e. The highest BCUT2D eigenvalue weighted by molar-refractivity contribution is 5.73. The quantitative estimate of drug-likeness (QED) is 0.254. The fourth-order valence-corrected chi connectivity index (χ4v) is 0.164. The third-order valence-corrected chi connectivity index (χ3v) is 0.391. The Kier molecular flexibility index (Phi) is 4.89. The first kappa shape index (κ1) is 7.15. The van der Waals surface area contributed by atoms with Gasteiger partial charge >= 0.3 is 0 Å². The predicted octanol–water partition coefficient (Wildman–Crippen LogP) is -0.888. The van der Waals surface area contributed by atoms with E-state index in [1.807, 2.05) is 0 Å². The van der Waals surface area contributed by atoms with Crippen molar-refractivity contribution >= 4 is 6.29 Å². The molecule has 0 saturated carbocycles.